The van der Waals surface area contributed by atoms with E-state index in [1.165, 1.54) is 0 Å². The van der Waals surface area contributed by atoms with Gasteiger partial charge in [0.15, 0.2) is 5.65 Å². The lowest BCUT2D eigenvalue weighted by molar-refractivity contribution is 0.182. The van der Waals surface area contributed by atoms with Gasteiger partial charge in [0.25, 0.3) is 0 Å². The molecule has 2 heterocycles. The molecule has 0 bridgehead atoms. The van der Waals surface area contributed by atoms with Gasteiger partial charge in [0, 0.05) is 18.3 Å². The molecule has 1 aliphatic rings. The fourth-order valence-corrected chi connectivity index (χ4v) is 2.95. The molecule has 1 saturated carbocycles. The van der Waals surface area contributed by atoms with Gasteiger partial charge in [0.2, 0.25) is 0 Å². The standard InChI is InChI=1S/C13H16N4O3/c18-12-16-10-2-1-7-14-11(10)17(12)9-5-3-8(4-6-9)15-13(19)20/h1-2,7-9,15H,3-6H2,(H,16,18)(H,19,20)/t8-,9-. The summed E-state index contributed by atoms with van der Waals surface area (Å²) in [6, 6.07) is 3.68. The van der Waals surface area contributed by atoms with Crippen molar-refractivity contribution >= 4 is 17.3 Å². The Bertz CT molecular complexity index is 682. The van der Waals surface area contributed by atoms with Crippen LogP contribution < -0.4 is 11.0 Å². The highest BCUT2D eigenvalue weighted by atomic mass is 16.4. The summed E-state index contributed by atoms with van der Waals surface area (Å²) >= 11 is 0. The number of imidazole rings is 1. The number of carbonyl (C=O) groups is 1. The molecule has 7 nitrogen and oxygen atoms in total. The van der Waals surface area contributed by atoms with Crippen LogP contribution >= 0.6 is 0 Å². The zero-order chi connectivity index (χ0) is 14.1. The number of carboxylic acid groups (broad SMARTS) is 1. The molecule has 2 aromatic heterocycles. The number of hydrogen-bond acceptors (Lipinski definition) is 3. The number of H-pyrrole nitrogens is 1. The first-order valence-electron chi connectivity index (χ1n) is 6.70. The maximum Gasteiger partial charge on any atom is 0.404 e. The van der Waals surface area contributed by atoms with Gasteiger partial charge in [-0.2, -0.15) is 0 Å². The molecule has 0 saturated heterocycles. The maximum atomic E-state index is 12.1. The quantitative estimate of drug-likeness (QED) is 0.773. The molecular weight excluding hydrogens is 260 g/mol. The largest absolute Gasteiger partial charge is 0.465 e. The third-order valence-corrected chi connectivity index (χ3v) is 3.86. The molecule has 106 valence electrons. The lowest BCUT2D eigenvalue weighted by Gasteiger charge is -2.28. The highest BCUT2D eigenvalue weighted by Gasteiger charge is 2.25. The highest BCUT2D eigenvalue weighted by molar-refractivity contribution is 5.70. The molecule has 0 radical (unpaired) electrons. The van der Waals surface area contributed by atoms with Crippen LogP contribution in [-0.4, -0.2) is 31.8 Å². The van der Waals surface area contributed by atoms with Crippen molar-refractivity contribution < 1.29 is 9.90 Å². The normalized spacial score (nSPS) is 22.8. The van der Waals surface area contributed by atoms with Gasteiger partial charge in [-0.3, -0.25) is 4.57 Å². The molecular formula is C13H16N4O3. The van der Waals surface area contributed by atoms with Gasteiger partial charge in [0.1, 0.15) is 0 Å². The maximum absolute atomic E-state index is 12.1. The molecule has 3 N–H and O–H groups in total. The first-order valence-corrected chi connectivity index (χ1v) is 6.70. The van der Waals surface area contributed by atoms with Crippen molar-refractivity contribution in [1.82, 2.24) is 19.9 Å². The van der Waals surface area contributed by atoms with Crippen LogP contribution in [-0.2, 0) is 0 Å². The monoisotopic (exact) mass is 276 g/mol. The fourth-order valence-electron chi connectivity index (χ4n) is 2.95. The predicted molar refractivity (Wildman–Crippen MR) is 72.8 cm³/mol. The topological polar surface area (TPSA) is 100 Å². The van der Waals surface area contributed by atoms with Crippen molar-refractivity contribution in [2.24, 2.45) is 0 Å². The predicted octanol–water partition coefficient (Wildman–Crippen LogP) is 1.48. The van der Waals surface area contributed by atoms with Crippen LogP contribution in [0.3, 0.4) is 0 Å². The molecule has 1 amide bonds. The van der Waals surface area contributed by atoms with Crippen LogP contribution in [0.15, 0.2) is 23.1 Å². The van der Waals surface area contributed by atoms with E-state index in [1.54, 1.807) is 16.8 Å². The lowest BCUT2D eigenvalue weighted by atomic mass is 9.91. The van der Waals surface area contributed by atoms with Crippen molar-refractivity contribution in [2.75, 3.05) is 0 Å². The van der Waals surface area contributed by atoms with Gasteiger partial charge in [0.05, 0.1) is 5.52 Å². The second kappa shape index (κ2) is 4.99. The molecule has 7 heteroatoms. The SMILES string of the molecule is O=C(O)N[C@H]1CC[C@H](n2c(=O)[nH]c3cccnc32)CC1. The first-order chi connectivity index (χ1) is 9.65. The van der Waals surface area contributed by atoms with E-state index in [0.29, 0.717) is 5.65 Å². The summed E-state index contributed by atoms with van der Waals surface area (Å²) in [6.45, 7) is 0. The van der Waals surface area contributed by atoms with Gasteiger partial charge >= 0.3 is 11.8 Å². The van der Waals surface area contributed by atoms with Crippen LogP contribution in [0.25, 0.3) is 11.2 Å². The number of aromatic nitrogens is 3. The molecule has 2 aromatic rings. The molecule has 0 atom stereocenters. The van der Waals surface area contributed by atoms with Gasteiger partial charge in [-0.25, -0.2) is 14.6 Å². The van der Waals surface area contributed by atoms with Crippen molar-refractivity contribution in [3.8, 4) is 0 Å². The summed E-state index contributed by atoms with van der Waals surface area (Å²) in [6.07, 6.45) is 3.71. The second-order valence-corrected chi connectivity index (χ2v) is 5.13. The molecule has 20 heavy (non-hydrogen) atoms. The Kier molecular flexibility index (Phi) is 3.17. The van der Waals surface area contributed by atoms with Crippen LogP contribution in [0.1, 0.15) is 31.7 Å². The van der Waals surface area contributed by atoms with E-state index < -0.39 is 6.09 Å². The average Bonchev–Trinajstić information content (AvgIpc) is 2.75. The number of rotatable bonds is 2. The third kappa shape index (κ3) is 2.26. The van der Waals surface area contributed by atoms with Crippen molar-refractivity contribution in [3.05, 3.63) is 28.8 Å². The zero-order valence-electron chi connectivity index (χ0n) is 10.9. The Balaban J connectivity index is 1.82. The molecule has 1 fully saturated rings. The molecule has 1 aliphatic carbocycles. The van der Waals surface area contributed by atoms with E-state index in [-0.39, 0.29) is 17.8 Å². The van der Waals surface area contributed by atoms with Crippen LogP contribution in [0.5, 0.6) is 0 Å². The Morgan fingerprint density at radius 2 is 2.15 bits per heavy atom. The summed E-state index contributed by atoms with van der Waals surface area (Å²) in [7, 11) is 0. The molecule has 3 rings (SSSR count). The number of fused-ring (bicyclic) bond motifs is 1. The second-order valence-electron chi connectivity index (χ2n) is 5.13. The summed E-state index contributed by atoms with van der Waals surface area (Å²) < 4.78 is 1.70. The van der Waals surface area contributed by atoms with Crippen molar-refractivity contribution in [2.45, 2.75) is 37.8 Å². The minimum Gasteiger partial charge on any atom is -0.465 e. The van der Waals surface area contributed by atoms with Crippen LogP contribution in [0.4, 0.5) is 4.79 Å². The highest BCUT2D eigenvalue weighted by Crippen LogP contribution is 2.29. The summed E-state index contributed by atoms with van der Waals surface area (Å²) in [5, 5.41) is 11.2. The van der Waals surface area contributed by atoms with E-state index in [1.807, 2.05) is 6.07 Å². The lowest BCUT2D eigenvalue weighted by Crippen LogP contribution is -2.38. The smallest absolute Gasteiger partial charge is 0.404 e. The van der Waals surface area contributed by atoms with E-state index in [9.17, 15) is 9.59 Å². The number of hydrogen-bond donors (Lipinski definition) is 3. The summed E-state index contributed by atoms with van der Waals surface area (Å²) in [5.41, 5.74) is 1.27. The minimum atomic E-state index is -0.987. The number of aromatic amines is 1. The van der Waals surface area contributed by atoms with Crippen molar-refractivity contribution in [3.63, 3.8) is 0 Å². The van der Waals surface area contributed by atoms with E-state index in [4.69, 9.17) is 5.11 Å². The molecule has 0 aliphatic heterocycles. The molecule has 0 aromatic carbocycles. The van der Waals surface area contributed by atoms with E-state index >= 15 is 0 Å². The Labute approximate surface area is 114 Å². The number of amides is 1. The van der Waals surface area contributed by atoms with Gasteiger partial charge in [-0.15, -0.1) is 0 Å². The zero-order valence-corrected chi connectivity index (χ0v) is 10.9. The van der Waals surface area contributed by atoms with Gasteiger partial charge in [-0.05, 0) is 37.8 Å². The average molecular weight is 276 g/mol. The number of nitrogens with one attached hydrogen (secondary N) is 2. The third-order valence-electron chi connectivity index (χ3n) is 3.86. The van der Waals surface area contributed by atoms with Crippen molar-refractivity contribution in [1.29, 1.82) is 0 Å². The number of pyridine rings is 1. The molecule has 0 unspecified atom stereocenters. The Hall–Kier alpha value is -2.31. The Morgan fingerprint density at radius 1 is 1.40 bits per heavy atom. The van der Waals surface area contributed by atoms with Gasteiger partial charge in [-0.1, -0.05) is 0 Å². The van der Waals surface area contributed by atoms with Gasteiger partial charge < -0.3 is 15.4 Å². The Morgan fingerprint density at radius 3 is 2.85 bits per heavy atom. The van der Waals surface area contributed by atoms with Crippen LogP contribution in [0, 0.1) is 0 Å². The number of nitrogens with zero attached hydrogens (tertiary/aromatic N) is 2. The first kappa shape index (κ1) is 12.7. The summed E-state index contributed by atoms with van der Waals surface area (Å²) in [5.74, 6) is 0. The molecule has 0 spiro atoms. The fraction of sp³-hybridized carbons (Fsp3) is 0.462. The minimum absolute atomic E-state index is 0.0161. The van der Waals surface area contributed by atoms with Crippen LogP contribution in [0.2, 0.25) is 0 Å². The van der Waals surface area contributed by atoms with E-state index in [0.717, 1.165) is 31.2 Å². The van der Waals surface area contributed by atoms with E-state index in [2.05, 4.69) is 15.3 Å². The summed E-state index contributed by atoms with van der Waals surface area (Å²) in [4.78, 5) is 29.7.